The fraction of sp³-hybridized carbons (Fsp3) is 0.455. The number of nitrogens with two attached hydrogens (primary N) is 1. The lowest BCUT2D eigenvalue weighted by atomic mass is 10.2. The number of anilines is 1. The Bertz CT molecular complexity index is 435. The van der Waals surface area contributed by atoms with E-state index in [-0.39, 0.29) is 0 Å². The van der Waals surface area contributed by atoms with Crippen LogP contribution in [0.4, 0.5) is 5.82 Å². The lowest BCUT2D eigenvalue weighted by Gasteiger charge is -2.08. The van der Waals surface area contributed by atoms with Gasteiger partial charge in [0, 0.05) is 40.6 Å². The van der Waals surface area contributed by atoms with Crippen LogP contribution in [-0.2, 0) is 10.8 Å². The highest BCUT2D eigenvalue weighted by Gasteiger charge is 2.02. The average molecular weight is 271 g/mol. The van der Waals surface area contributed by atoms with Gasteiger partial charge in [-0.15, -0.1) is 0 Å². The van der Waals surface area contributed by atoms with Gasteiger partial charge in [-0.1, -0.05) is 12.2 Å². The monoisotopic (exact) mass is 271 g/mol. The topological polar surface area (TPSA) is 68.0 Å². The zero-order chi connectivity index (χ0) is 12.8. The number of nitrogens with one attached hydrogen (secondary N) is 1. The number of nitrogens with zero attached hydrogens (tertiary/aromatic N) is 1. The molecule has 0 fully saturated rings. The standard InChI is InChI=1S/C11H17N3OS2/c1-8-6-9(11(12)16)7-10(14-8)13-4-3-5-17(2)15/h6-7H,3-5H2,1-2H3,(H2,12,16)(H,13,14). The molecule has 1 atom stereocenters. The molecule has 0 amide bonds. The Labute approximate surface area is 109 Å². The summed E-state index contributed by atoms with van der Waals surface area (Å²) in [6.07, 6.45) is 2.55. The van der Waals surface area contributed by atoms with E-state index in [1.807, 2.05) is 19.1 Å². The molecule has 0 saturated carbocycles. The normalized spacial score (nSPS) is 12.1. The van der Waals surface area contributed by atoms with Crippen molar-refractivity contribution in [3.8, 4) is 0 Å². The summed E-state index contributed by atoms with van der Waals surface area (Å²) in [5.74, 6) is 1.45. The lowest BCUT2D eigenvalue weighted by molar-refractivity contribution is 0.685. The third-order valence-corrected chi connectivity index (χ3v) is 3.25. The van der Waals surface area contributed by atoms with Gasteiger partial charge in [0.2, 0.25) is 0 Å². The second-order valence-electron chi connectivity index (χ2n) is 3.80. The van der Waals surface area contributed by atoms with Gasteiger partial charge in [0.25, 0.3) is 0 Å². The number of rotatable bonds is 6. The van der Waals surface area contributed by atoms with Crippen LogP contribution in [0.5, 0.6) is 0 Å². The molecule has 0 spiro atoms. The zero-order valence-electron chi connectivity index (χ0n) is 10.0. The molecule has 0 aliphatic heterocycles. The molecule has 0 radical (unpaired) electrons. The first-order valence-corrected chi connectivity index (χ1v) is 7.45. The van der Waals surface area contributed by atoms with Crippen molar-refractivity contribution in [2.75, 3.05) is 23.9 Å². The highest BCUT2D eigenvalue weighted by atomic mass is 32.2. The van der Waals surface area contributed by atoms with E-state index in [9.17, 15) is 4.21 Å². The minimum Gasteiger partial charge on any atom is -0.389 e. The maximum absolute atomic E-state index is 10.9. The summed E-state index contributed by atoms with van der Waals surface area (Å²) in [5.41, 5.74) is 7.27. The highest BCUT2D eigenvalue weighted by molar-refractivity contribution is 7.84. The molecule has 1 heterocycles. The summed E-state index contributed by atoms with van der Waals surface area (Å²) >= 11 is 4.93. The van der Waals surface area contributed by atoms with Crippen molar-refractivity contribution in [2.45, 2.75) is 13.3 Å². The molecule has 6 heteroatoms. The van der Waals surface area contributed by atoms with Crippen molar-refractivity contribution in [3.05, 3.63) is 23.4 Å². The van der Waals surface area contributed by atoms with Gasteiger partial charge in [-0.3, -0.25) is 4.21 Å². The minimum absolute atomic E-state index is 0.369. The van der Waals surface area contributed by atoms with Gasteiger partial charge in [0.05, 0.1) is 0 Å². The Kier molecular flexibility index (Phi) is 5.50. The van der Waals surface area contributed by atoms with Crippen LogP contribution in [-0.4, -0.2) is 32.7 Å². The molecule has 94 valence electrons. The predicted molar refractivity (Wildman–Crippen MR) is 76.9 cm³/mol. The van der Waals surface area contributed by atoms with Gasteiger partial charge >= 0.3 is 0 Å². The van der Waals surface area contributed by atoms with Crippen LogP contribution in [0.2, 0.25) is 0 Å². The Morgan fingerprint density at radius 3 is 2.88 bits per heavy atom. The number of aromatic nitrogens is 1. The van der Waals surface area contributed by atoms with Crippen LogP contribution in [0.15, 0.2) is 12.1 Å². The molecule has 1 rings (SSSR count). The smallest absolute Gasteiger partial charge is 0.126 e. The lowest BCUT2D eigenvalue weighted by Crippen LogP contribution is -2.12. The van der Waals surface area contributed by atoms with Crippen molar-refractivity contribution < 1.29 is 4.21 Å². The van der Waals surface area contributed by atoms with Gasteiger partial charge in [-0.05, 0) is 25.5 Å². The molecule has 0 aliphatic carbocycles. The summed E-state index contributed by atoms with van der Waals surface area (Å²) < 4.78 is 10.9. The van der Waals surface area contributed by atoms with Crippen LogP contribution >= 0.6 is 12.2 Å². The van der Waals surface area contributed by atoms with Crippen LogP contribution in [0, 0.1) is 6.92 Å². The molecule has 1 aromatic rings. The largest absolute Gasteiger partial charge is 0.389 e. The number of aryl methyl sites for hydroxylation is 1. The maximum atomic E-state index is 10.9. The number of hydrogen-bond acceptors (Lipinski definition) is 4. The van der Waals surface area contributed by atoms with E-state index in [1.54, 1.807) is 6.26 Å². The zero-order valence-corrected chi connectivity index (χ0v) is 11.7. The molecular weight excluding hydrogens is 254 g/mol. The maximum Gasteiger partial charge on any atom is 0.126 e. The average Bonchev–Trinajstić information content (AvgIpc) is 2.23. The van der Waals surface area contributed by atoms with Crippen molar-refractivity contribution >= 4 is 33.8 Å². The van der Waals surface area contributed by atoms with Crippen LogP contribution in [0.1, 0.15) is 17.7 Å². The summed E-state index contributed by atoms with van der Waals surface area (Å²) in [7, 11) is -0.741. The van der Waals surface area contributed by atoms with Crippen LogP contribution in [0.3, 0.4) is 0 Å². The second-order valence-corrected chi connectivity index (χ2v) is 5.80. The Hall–Kier alpha value is -1.01. The number of pyridine rings is 1. The van der Waals surface area contributed by atoms with Gasteiger partial charge in [-0.25, -0.2) is 4.98 Å². The van der Waals surface area contributed by atoms with Crippen molar-refractivity contribution in [1.29, 1.82) is 0 Å². The molecule has 0 aliphatic rings. The van der Waals surface area contributed by atoms with Crippen molar-refractivity contribution in [3.63, 3.8) is 0 Å². The molecule has 0 bridgehead atoms. The fourth-order valence-corrected chi connectivity index (χ4v) is 2.06. The third-order valence-electron chi connectivity index (χ3n) is 2.15. The summed E-state index contributed by atoms with van der Waals surface area (Å²) in [6.45, 7) is 2.64. The Morgan fingerprint density at radius 1 is 1.59 bits per heavy atom. The van der Waals surface area contributed by atoms with Gasteiger partial charge < -0.3 is 11.1 Å². The first kappa shape index (κ1) is 14.1. The molecular formula is C11H17N3OS2. The number of thiocarbonyl (C=S) groups is 1. The van der Waals surface area contributed by atoms with Crippen molar-refractivity contribution in [2.24, 2.45) is 5.73 Å². The van der Waals surface area contributed by atoms with E-state index in [0.717, 1.165) is 30.0 Å². The minimum atomic E-state index is -0.741. The van der Waals surface area contributed by atoms with Gasteiger partial charge in [0.15, 0.2) is 0 Å². The quantitative estimate of drug-likeness (QED) is 0.601. The first-order valence-electron chi connectivity index (χ1n) is 5.31. The molecule has 17 heavy (non-hydrogen) atoms. The molecule has 1 aromatic heterocycles. The summed E-state index contributed by atoms with van der Waals surface area (Å²) in [5, 5.41) is 3.18. The van der Waals surface area contributed by atoms with E-state index in [4.69, 9.17) is 18.0 Å². The Balaban J connectivity index is 2.59. The Morgan fingerprint density at radius 2 is 2.29 bits per heavy atom. The molecule has 0 aromatic carbocycles. The van der Waals surface area contributed by atoms with E-state index < -0.39 is 10.8 Å². The number of hydrogen-bond donors (Lipinski definition) is 2. The third kappa shape index (κ3) is 5.23. The van der Waals surface area contributed by atoms with Gasteiger partial charge in [0.1, 0.15) is 10.8 Å². The molecule has 4 nitrogen and oxygen atoms in total. The first-order chi connectivity index (χ1) is 7.99. The van der Waals surface area contributed by atoms with Crippen LogP contribution < -0.4 is 11.1 Å². The highest BCUT2D eigenvalue weighted by Crippen LogP contribution is 2.10. The van der Waals surface area contributed by atoms with Crippen LogP contribution in [0.25, 0.3) is 0 Å². The summed E-state index contributed by atoms with van der Waals surface area (Å²) in [4.78, 5) is 4.70. The summed E-state index contributed by atoms with van der Waals surface area (Å²) in [6, 6.07) is 3.69. The van der Waals surface area contributed by atoms with Gasteiger partial charge in [-0.2, -0.15) is 0 Å². The molecule has 0 saturated heterocycles. The van der Waals surface area contributed by atoms with Crippen molar-refractivity contribution in [1.82, 2.24) is 4.98 Å². The fourth-order valence-electron chi connectivity index (χ4n) is 1.39. The SMILES string of the molecule is Cc1cc(C(N)=S)cc(NCCCS(C)=O)n1. The van der Waals surface area contributed by atoms with E-state index in [2.05, 4.69) is 10.3 Å². The molecule has 3 N–H and O–H groups in total. The van der Waals surface area contributed by atoms with E-state index in [1.165, 1.54) is 0 Å². The van der Waals surface area contributed by atoms with E-state index in [0.29, 0.717) is 10.7 Å². The van der Waals surface area contributed by atoms with E-state index >= 15 is 0 Å². The second kappa shape index (κ2) is 6.66. The predicted octanol–water partition coefficient (Wildman–Crippen LogP) is 1.20. The molecule has 1 unspecified atom stereocenters.